The van der Waals surface area contributed by atoms with Gasteiger partial charge >= 0.3 is 0 Å². The predicted octanol–water partition coefficient (Wildman–Crippen LogP) is 2.37. The molecule has 0 unspecified atom stereocenters. The zero-order valence-corrected chi connectivity index (χ0v) is 13.4. The van der Waals surface area contributed by atoms with Crippen LogP contribution in [0.2, 0.25) is 0 Å². The molecule has 1 aromatic rings. The maximum absolute atomic E-state index is 13.0. The summed E-state index contributed by atoms with van der Waals surface area (Å²) in [5.74, 6) is -3.76. The van der Waals surface area contributed by atoms with E-state index in [-0.39, 0.29) is 43.9 Å². The molecule has 0 saturated heterocycles. The molecular weight excluding hydrogens is 326 g/mol. The number of carbonyl (C=O) groups is 1. The molecule has 1 aliphatic carbocycles. The molecule has 0 aromatic heterocycles. The third-order valence-electron chi connectivity index (χ3n) is 3.81. The summed E-state index contributed by atoms with van der Waals surface area (Å²) in [4.78, 5) is 11.9. The fourth-order valence-electron chi connectivity index (χ4n) is 2.49. The van der Waals surface area contributed by atoms with Gasteiger partial charge in [0.15, 0.2) is 0 Å². The number of para-hydroxylation sites is 1. The van der Waals surface area contributed by atoms with Gasteiger partial charge in [0.1, 0.15) is 0 Å². The van der Waals surface area contributed by atoms with E-state index in [0.717, 1.165) is 0 Å². The van der Waals surface area contributed by atoms with Gasteiger partial charge in [-0.25, -0.2) is 17.2 Å². The van der Waals surface area contributed by atoms with Gasteiger partial charge in [0.05, 0.1) is 5.75 Å². The molecule has 0 radical (unpaired) electrons. The molecule has 2 rings (SSSR count). The second-order valence-corrected chi connectivity index (χ2v) is 7.55. The van der Waals surface area contributed by atoms with E-state index in [2.05, 4.69) is 10.0 Å². The van der Waals surface area contributed by atoms with Gasteiger partial charge in [-0.3, -0.25) is 9.52 Å². The Balaban J connectivity index is 1.75. The molecule has 2 N–H and O–H groups in total. The second kappa shape index (κ2) is 7.25. The third-order valence-corrected chi connectivity index (χ3v) is 5.09. The van der Waals surface area contributed by atoms with Crippen molar-refractivity contribution in [3.8, 4) is 0 Å². The lowest BCUT2D eigenvalue weighted by Gasteiger charge is -2.27. The topological polar surface area (TPSA) is 75.3 Å². The molecule has 0 bridgehead atoms. The molecule has 128 valence electrons. The van der Waals surface area contributed by atoms with Crippen molar-refractivity contribution in [2.75, 3.05) is 17.0 Å². The van der Waals surface area contributed by atoms with Crippen molar-refractivity contribution < 1.29 is 22.0 Å². The SMILES string of the molecule is O=C(NCCS(=O)(=O)Nc1ccccc1)C1CCC(F)(F)CC1. The number of sulfonamides is 1. The van der Waals surface area contributed by atoms with Crippen LogP contribution in [0.4, 0.5) is 14.5 Å². The van der Waals surface area contributed by atoms with E-state index in [9.17, 15) is 22.0 Å². The Bertz CT molecular complexity index is 625. The molecule has 0 heterocycles. The minimum Gasteiger partial charge on any atom is -0.355 e. The summed E-state index contributed by atoms with van der Waals surface area (Å²) in [7, 11) is -3.56. The van der Waals surface area contributed by atoms with E-state index in [1.165, 1.54) is 0 Å². The number of alkyl halides is 2. The normalized spacial score (nSPS) is 18.3. The summed E-state index contributed by atoms with van der Waals surface area (Å²) in [6.45, 7) is -0.0477. The van der Waals surface area contributed by atoms with Gasteiger partial charge in [-0.2, -0.15) is 0 Å². The Kier molecular flexibility index (Phi) is 5.56. The molecular formula is C15H20F2N2O3S. The first-order chi connectivity index (χ1) is 10.8. The van der Waals surface area contributed by atoms with Crippen LogP contribution in [0.15, 0.2) is 30.3 Å². The fourth-order valence-corrected chi connectivity index (χ4v) is 3.46. The van der Waals surface area contributed by atoms with Gasteiger partial charge in [0.25, 0.3) is 0 Å². The third kappa shape index (κ3) is 5.78. The van der Waals surface area contributed by atoms with Gasteiger partial charge in [-0.1, -0.05) is 18.2 Å². The lowest BCUT2D eigenvalue weighted by molar-refractivity contribution is -0.129. The van der Waals surface area contributed by atoms with Crippen molar-refractivity contribution in [2.24, 2.45) is 5.92 Å². The first kappa shape index (κ1) is 17.7. The molecule has 1 aliphatic rings. The lowest BCUT2D eigenvalue weighted by atomic mass is 9.86. The van der Waals surface area contributed by atoms with Crippen molar-refractivity contribution in [1.82, 2.24) is 5.32 Å². The Labute approximate surface area is 134 Å². The van der Waals surface area contributed by atoms with Crippen LogP contribution in [0.1, 0.15) is 25.7 Å². The van der Waals surface area contributed by atoms with Crippen molar-refractivity contribution in [2.45, 2.75) is 31.6 Å². The van der Waals surface area contributed by atoms with Gasteiger partial charge in [0, 0.05) is 31.0 Å². The number of hydrogen-bond acceptors (Lipinski definition) is 3. The van der Waals surface area contributed by atoms with E-state index in [4.69, 9.17) is 0 Å². The molecule has 1 aromatic carbocycles. The minimum atomic E-state index is -3.56. The average Bonchev–Trinajstić information content (AvgIpc) is 2.47. The quantitative estimate of drug-likeness (QED) is 0.830. The molecule has 0 atom stereocenters. The molecule has 1 fully saturated rings. The van der Waals surface area contributed by atoms with E-state index in [1.54, 1.807) is 30.3 Å². The summed E-state index contributed by atoms with van der Waals surface area (Å²) < 4.78 is 52.2. The van der Waals surface area contributed by atoms with E-state index >= 15 is 0 Å². The van der Waals surface area contributed by atoms with E-state index in [0.29, 0.717) is 5.69 Å². The van der Waals surface area contributed by atoms with Gasteiger partial charge < -0.3 is 5.32 Å². The number of halogens is 2. The van der Waals surface area contributed by atoms with Crippen molar-refractivity contribution in [3.63, 3.8) is 0 Å². The second-order valence-electron chi connectivity index (χ2n) is 5.71. The first-order valence-corrected chi connectivity index (χ1v) is 9.14. The Hall–Kier alpha value is -1.70. The van der Waals surface area contributed by atoms with Crippen LogP contribution < -0.4 is 10.0 Å². The number of rotatable bonds is 6. The zero-order chi connectivity index (χ0) is 16.9. The molecule has 0 spiro atoms. The highest BCUT2D eigenvalue weighted by Gasteiger charge is 2.37. The predicted molar refractivity (Wildman–Crippen MR) is 83.8 cm³/mol. The van der Waals surface area contributed by atoms with Crippen LogP contribution in [0.25, 0.3) is 0 Å². The fraction of sp³-hybridized carbons (Fsp3) is 0.533. The van der Waals surface area contributed by atoms with Crippen molar-refractivity contribution in [1.29, 1.82) is 0 Å². The highest BCUT2D eigenvalue weighted by Crippen LogP contribution is 2.36. The monoisotopic (exact) mass is 346 g/mol. The van der Waals surface area contributed by atoms with Crippen molar-refractivity contribution >= 4 is 21.6 Å². The number of benzene rings is 1. The highest BCUT2D eigenvalue weighted by molar-refractivity contribution is 7.92. The average molecular weight is 346 g/mol. The molecule has 5 nitrogen and oxygen atoms in total. The number of anilines is 1. The highest BCUT2D eigenvalue weighted by atomic mass is 32.2. The molecule has 1 saturated carbocycles. The molecule has 8 heteroatoms. The maximum Gasteiger partial charge on any atom is 0.248 e. The van der Waals surface area contributed by atoms with E-state index < -0.39 is 21.9 Å². The number of carbonyl (C=O) groups excluding carboxylic acids is 1. The molecule has 0 aliphatic heterocycles. The van der Waals surface area contributed by atoms with Crippen LogP contribution in [0, 0.1) is 5.92 Å². The van der Waals surface area contributed by atoms with Gasteiger partial charge in [0.2, 0.25) is 21.9 Å². The summed E-state index contributed by atoms with van der Waals surface area (Å²) >= 11 is 0. The van der Waals surface area contributed by atoms with Crippen LogP contribution in [-0.2, 0) is 14.8 Å². The minimum absolute atomic E-state index is 0.0477. The summed E-state index contributed by atoms with van der Waals surface area (Å²) in [5, 5.41) is 2.52. The van der Waals surface area contributed by atoms with Gasteiger partial charge in [-0.15, -0.1) is 0 Å². The number of hydrogen-bond donors (Lipinski definition) is 2. The van der Waals surface area contributed by atoms with Crippen LogP contribution in [-0.4, -0.2) is 32.5 Å². The van der Waals surface area contributed by atoms with Crippen LogP contribution >= 0.6 is 0 Å². The Morgan fingerprint density at radius 3 is 2.39 bits per heavy atom. The lowest BCUT2D eigenvalue weighted by Crippen LogP contribution is -2.38. The van der Waals surface area contributed by atoms with E-state index in [1.807, 2.05) is 0 Å². The van der Waals surface area contributed by atoms with Crippen LogP contribution in [0.5, 0.6) is 0 Å². The largest absolute Gasteiger partial charge is 0.355 e. The van der Waals surface area contributed by atoms with Crippen molar-refractivity contribution in [3.05, 3.63) is 30.3 Å². The Morgan fingerprint density at radius 2 is 1.78 bits per heavy atom. The summed E-state index contributed by atoms with van der Waals surface area (Å²) in [6, 6.07) is 8.43. The smallest absolute Gasteiger partial charge is 0.248 e. The number of nitrogens with one attached hydrogen (secondary N) is 2. The first-order valence-electron chi connectivity index (χ1n) is 7.48. The number of amides is 1. The van der Waals surface area contributed by atoms with Crippen LogP contribution in [0.3, 0.4) is 0 Å². The summed E-state index contributed by atoms with van der Waals surface area (Å²) in [6.07, 6.45) is -0.320. The molecule has 23 heavy (non-hydrogen) atoms. The zero-order valence-electron chi connectivity index (χ0n) is 12.6. The van der Waals surface area contributed by atoms with Gasteiger partial charge in [-0.05, 0) is 25.0 Å². The maximum atomic E-state index is 13.0. The Morgan fingerprint density at radius 1 is 1.17 bits per heavy atom. The summed E-state index contributed by atoms with van der Waals surface area (Å²) in [5.41, 5.74) is 0.452. The molecule has 1 amide bonds. The standard InChI is InChI=1S/C15H20F2N2O3S/c16-15(17)8-6-12(7-9-15)14(20)18-10-11-23(21,22)19-13-4-2-1-3-5-13/h1-5,12,19H,6-11H2,(H,18,20).